The molecule has 0 radical (unpaired) electrons. The van der Waals surface area contributed by atoms with E-state index in [0.717, 1.165) is 28.1 Å². The molecular formula is C17H17FN2O5S. The predicted molar refractivity (Wildman–Crippen MR) is 92.2 cm³/mol. The highest BCUT2D eigenvalue weighted by Crippen LogP contribution is 2.28. The van der Waals surface area contributed by atoms with E-state index < -0.39 is 11.8 Å². The molecule has 2 amide bonds. The molecule has 0 aliphatic carbocycles. The number of halogens is 1. The minimum atomic E-state index is -0.441. The van der Waals surface area contributed by atoms with Gasteiger partial charge in [0.15, 0.2) is 0 Å². The van der Waals surface area contributed by atoms with Crippen LogP contribution >= 0.6 is 11.3 Å². The van der Waals surface area contributed by atoms with Crippen LogP contribution in [-0.2, 0) is 25.6 Å². The van der Waals surface area contributed by atoms with Gasteiger partial charge in [-0.05, 0) is 54.5 Å². The molecule has 7 nitrogen and oxygen atoms in total. The van der Waals surface area contributed by atoms with Gasteiger partial charge in [0.2, 0.25) is 0 Å². The van der Waals surface area contributed by atoms with Gasteiger partial charge in [0.1, 0.15) is 5.82 Å². The normalized spacial score (nSPS) is 8.62. The van der Waals surface area contributed by atoms with Gasteiger partial charge in [0.25, 0.3) is 0 Å². The monoisotopic (exact) mass is 380 g/mol. The van der Waals surface area contributed by atoms with Crippen LogP contribution in [0.1, 0.15) is 23.6 Å². The van der Waals surface area contributed by atoms with E-state index in [0.29, 0.717) is 0 Å². The molecule has 138 valence electrons. The van der Waals surface area contributed by atoms with Gasteiger partial charge in [-0.1, -0.05) is 13.0 Å². The summed E-state index contributed by atoms with van der Waals surface area (Å²) in [7, 11) is 0. The number of anilines is 2. The highest BCUT2D eigenvalue weighted by molar-refractivity contribution is 7.14. The first kappa shape index (κ1) is 22.9. The largest absolute Gasteiger partial charge is 0.373 e. The zero-order chi connectivity index (χ0) is 20.1. The third-order valence-electron chi connectivity index (χ3n) is 3.05. The number of benzene rings is 1. The smallest absolute Gasteiger partial charge is 0.305 e. The fourth-order valence-corrected chi connectivity index (χ4v) is 3.04. The maximum atomic E-state index is 13.6. The summed E-state index contributed by atoms with van der Waals surface area (Å²) >= 11 is 1.48. The lowest BCUT2D eigenvalue weighted by atomic mass is 10.1. The molecular weight excluding hydrogens is 363 g/mol. The summed E-state index contributed by atoms with van der Waals surface area (Å²) in [4.78, 5) is 44.4. The molecule has 1 heterocycles. The lowest BCUT2D eigenvalue weighted by Crippen LogP contribution is -2.20. The van der Waals surface area contributed by atoms with E-state index in [2.05, 4.69) is 10.6 Å². The number of urea groups is 1. The highest BCUT2D eigenvalue weighted by atomic mass is 32.1. The number of hydrogen-bond acceptors (Lipinski definition) is 6. The Labute approximate surface area is 153 Å². The molecule has 1 aromatic heterocycles. The molecule has 0 atom stereocenters. The fourth-order valence-electron chi connectivity index (χ4n) is 2.00. The van der Waals surface area contributed by atoms with Gasteiger partial charge in [0.05, 0.1) is 10.7 Å². The minimum absolute atomic E-state index is 0.189. The second-order valence-electron chi connectivity index (χ2n) is 4.81. The molecule has 0 bridgehead atoms. The number of amides is 2. The van der Waals surface area contributed by atoms with Crippen LogP contribution in [0.2, 0.25) is 0 Å². The van der Waals surface area contributed by atoms with Gasteiger partial charge in [0, 0.05) is 0 Å². The molecule has 26 heavy (non-hydrogen) atoms. The van der Waals surface area contributed by atoms with E-state index >= 15 is 0 Å². The summed E-state index contributed by atoms with van der Waals surface area (Å²) in [5.74, 6) is -0.441. The first-order valence-corrected chi connectivity index (χ1v) is 8.12. The number of carbonyl (C=O) groups is 1. The Morgan fingerprint density at radius 1 is 1.12 bits per heavy atom. The van der Waals surface area contributed by atoms with E-state index in [1.54, 1.807) is 12.1 Å². The Bertz CT molecular complexity index is 795. The summed E-state index contributed by atoms with van der Waals surface area (Å²) in [5, 5.41) is 8.14. The molecule has 0 fully saturated rings. The molecule has 2 N–H and O–H groups in total. The average molecular weight is 380 g/mol. The predicted octanol–water partition coefficient (Wildman–Crippen LogP) is 3.54. The standard InChI is InChI=1S/C15H17FN2OS.2CO2/c1-4-11-10(3)8-20-14(11)18-15(19)17-13-7-9(2)5-6-12(13)16;2*2-1-3/h5-8H,4H2,1-3H3,(H2,17,18,19);;. The van der Waals surface area contributed by atoms with Gasteiger partial charge >= 0.3 is 18.3 Å². The zero-order valence-corrected chi connectivity index (χ0v) is 15.2. The lowest BCUT2D eigenvalue weighted by molar-refractivity contribution is -0.193. The first-order valence-electron chi connectivity index (χ1n) is 7.24. The lowest BCUT2D eigenvalue weighted by Gasteiger charge is -2.09. The summed E-state index contributed by atoms with van der Waals surface area (Å²) in [5.41, 5.74) is 3.36. The van der Waals surface area contributed by atoms with Crippen LogP contribution in [0.15, 0.2) is 23.6 Å². The Morgan fingerprint density at radius 3 is 2.23 bits per heavy atom. The molecule has 0 aliphatic heterocycles. The van der Waals surface area contributed by atoms with Crippen LogP contribution in [0.3, 0.4) is 0 Å². The van der Waals surface area contributed by atoms with E-state index in [1.165, 1.54) is 17.4 Å². The molecule has 9 heteroatoms. The van der Waals surface area contributed by atoms with Crippen molar-refractivity contribution in [3.8, 4) is 0 Å². The third-order valence-corrected chi connectivity index (χ3v) is 4.11. The van der Waals surface area contributed by atoms with Gasteiger partial charge in [-0.3, -0.25) is 5.32 Å². The minimum Gasteiger partial charge on any atom is -0.305 e. The third kappa shape index (κ3) is 7.63. The topological polar surface area (TPSA) is 109 Å². The number of rotatable bonds is 3. The molecule has 0 spiro atoms. The molecule has 0 aliphatic rings. The van der Waals surface area contributed by atoms with Gasteiger partial charge < -0.3 is 5.32 Å². The molecule has 0 unspecified atom stereocenters. The number of carbonyl (C=O) groups excluding carboxylic acids is 5. The first-order chi connectivity index (χ1) is 12.3. The van der Waals surface area contributed by atoms with Gasteiger partial charge in [-0.2, -0.15) is 19.2 Å². The van der Waals surface area contributed by atoms with Crippen LogP contribution < -0.4 is 10.6 Å². The van der Waals surface area contributed by atoms with Crippen LogP contribution in [-0.4, -0.2) is 18.3 Å². The second-order valence-corrected chi connectivity index (χ2v) is 5.69. The number of hydrogen-bond donors (Lipinski definition) is 2. The van der Waals surface area contributed by atoms with E-state index in [1.807, 2.05) is 26.2 Å². The van der Waals surface area contributed by atoms with Crippen molar-refractivity contribution >= 4 is 40.4 Å². The van der Waals surface area contributed by atoms with Crippen molar-refractivity contribution in [2.75, 3.05) is 10.6 Å². The Morgan fingerprint density at radius 2 is 1.69 bits per heavy atom. The van der Waals surface area contributed by atoms with Gasteiger partial charge in [-0.25, -0.2) is 9.18 Å². The van der Waals surface area contributed by atoms with Crippen LogP contribution in [0.4, 0.5) is 19.9 Å². The van der Waals surface area contributed by atoms with Crippen molar-refractivity contribution in [1.29, 1.82) is 0 Å². The Balaban J connectivity index is 0.000000918. The van der Waals surface area contributed by atoms with Crippen molar-refractivity contribution in [2.24, 2.45) is 0 Å². The summed E-state index contributed by atoms with van der Waals surface area (Å²) < 4.78 is 13.6. The van der Waals surface area contributed by atoms with Crippen LogP contribution in [0.25, 0.3) is 0 Å². The SMILES string of the molecule is CCc1c(C)csc1NC(=O)Nc1cc(C)ccc1F.O=C=O.O=C=O. The zero-order valence-electron chi connectivity index (χ0n) is 14.3. The quantitative estimate of drug-likeness (QED) is 0.846. The fraction of sp³-hybridized carbons (Fsp3) is 0.235. The summed E-state index contributed by atoms with van der Waals surface area (Å²) in [6.07, 6.45) is 1.35. The summed E-state index contributed by atoms with van der Waals surface area (Å²) in [6, 6.07) is 4.19. The van der Waals surface area contributed by atoms with Crippen LogP contribution in [0.5, 0.6) is 0 Å². The van der Waals surface area contributed by atoms with Crippen molar-refractivity contribution < 1.29 is 28.4 Å². The van der Waals surface area contributed by atoms with E-state index in [-0.39, 0.29) is 18.0 Å². The van der Waals surface area contributed by atoms with Gasteiger partial charge in [-0.15, -0.1) is 11.3 Å². The number of aryl methyl sites for hydroxylation is 2. The number of nitrogens with one attached hydrogen (secondary N) is 2. The maximum Gasteiger partial charge on any atom is 0.373 e. The summed E-state index contributed by atoms with van der Waals surface area (Å²) in [6.45, 7) is 5.90. The highest BCUT2D eigenvalue weighted by Gasteiger charge is 2.12. The average Bonchev–Trinajstić information content (AvgIpc) is 2.92. The molecule has 2 rings (SSSR count). The second kappa shape index (κ2) is 12.3. The van der Waals surface area contributed by atoms with E-state index in [4.69, 9.17) is 19.2 Å². The van der Waals surface area contributed by atoms with Crippen molar-refractivity contribution in [1.82, 2.24) is 0 Å². The maximum absolute atomic E-state index is 13.6. The molecule has 0 saturated carbocycles. The van der Waals surface area contributed by atoms with Crippen molar-refractivity contribution in [3.63, 3.8) is 0 Å². The molecule has 0 saturated heterocycles. The van der Waals surface area contributed by atoms with Crippen molar-refractivity contribution in [3.05, 3.63) is 46.1 Å². The Hall–Kier alpha value is -3.12. The molecule has 2 aromatic rings. The number of thiophene rings is 1. The molecule has 1 aromatic carbocycles. The van der Waals surface area contributed by atoms with E-state index in [9.17, 15) is 9.18 Å². The van der Waals surface area contributed by atoms with Crippen LogP contribution in [0, 0.1) is 19.7 Å². The van der Waals surface area contributed by atoms with Crippen molar-refractivity contribution in [2.45, 2.75) is 27.2 Å². The Kier molecular flexibility index (Phi) is 10.8.